The molecule has 2 N–H and O–H groups in total. The van der Waals surface area contributed by atoms with E-state index in [1.807, 2.05) is 6.92 Å². The second-order valence-corrected chi connectivity index (χ2v) is 7.47. The monoisotopic (exact) mass is 422 g/mol. The summed E-state index contributed by atoms with van der Waals surface area (Å²) in [5.74, 6) is 0.265. The van der Waals surface area contributed by atoms with E-state index in [2.05, 4.69) is 20.4 Å². The number of hydrogen-bond acceptors (Lipinski definition) is 6. The van der Waals surface area contributed by atoms with Crippen molar-refractivity contribution in [2.24, 2.45) is 0 Å². The lowest BCUT2D eigenvalue weighted by molar-refractivity contribution is 0.209. The number of nitrogens with one attached hydrogen (secondary N) is 1. The maximum absolute atomic E-state index is 12.9. The van der Waals surface area contributed by atoms with Crippen molar-refractivity contribution in [1.82, 2.24) is 19.6 Å². The molecule has 0 fully saturated rings. The van der Waals surface area contributed by atoms with E-state index in [0.717, 1.165) is 0 Å². The number of aliphatic hydroxyl groups excluding tert-OH is 1. The van der Waals surface area contributed by atoms with Crippen molar-refractivity contribution in [3.05, 3.63) is 40.4 Å². The quantitative estimate of drug-likeness (QED) is 0.672. The molecule has 1 unspecified atom stereocenters. The molecule has 0 aliphatic carbocycles. The number of halogens is 2. The van der Waals surface area contributed by atoms with Gasteiger partial charge < -0.3 is 15.2 Å². The molecular weight excluding hydrogens is 407 g/mol. The van der Waals surface area contributed by atoms with E-state index in [1.165, 1.54) is 18.2 Å². The molecule has 0 spiro atoms. The van der Waals surface area contributed by atoms with Crippen LogP contribution in [0.15, 0.2) is 24.5 Å². The minimum Gasteiger partial charge on any atom is -0.480 e. The fraction of sp³-hybridized carbons (Fsp3) is 0.294. The van der Waals surface area contributed by atoms with Crippen LogP contribution in [0.2, 0.25) is 10.2 Å². The molecule has 0 radical (unpaired) electrons. The molecule has 0 saturated heterocycles. The first-order valence-electron chi connectivity index (χ1n) is 8.30. The number of carbonyl (C=O) groups is 1. The van der Waals surface area contributed by atoms with Crippen molar-refractivity contribution >= 4 is 46.3 Å². The Morgan fingerprint density at radius 3 is 2.82 bits per heavy atom. The van der Waals surface area contributed by atoms with E-state index in [9.17, 15) is 9.90 Å². The molecule has 0 aromatic carbocycles. The van der Waals surface area contributed by atoms with Crippen LogP contribution < -0.4 is 15.0 Å². The first-order chi connectivity index (χ1) is 13.4. The van der Waals surface area contributed by atoms with Crippen LogP contribution in [0.3, 0.4) is 0 Å². The highest BCUT2D eigenvalue weighted by molar-refractivity contribution is 6.32. The van der Waals surface area contributed by atoms with Gasteiger partial charge in [0.2, 0.25) is 5.88 Å². The Morgan fingerprint density at radius 2 is 2.14 bits per heavy atom. The Balaban J connectivity index is 1.71. The molecule has 0 saturated carbocycles. The number of pyridine rings is 1. The summed E-state index contributed by atoms with van der Waals surface area (Å²) in [6.07, 6.45) is 3.02. The Labute approximate surface area is 169 Å². The Hall–Kier alpha value is -2.62. The molecule has 9 nitrogen and oxygen atoms in total. The predicted molar refractivity (Wildman–Crippen MR) is 105 cm³/mol. The van der Waals surface area contributed by atoms with Crippen molar-refractivity contribution in [2.45, 2.75) is 12.3 Å². The van der Waals surface area contributed by atoms with Gasteiger partial charge in [0.25, 0.3) is 0 Å². The molecule has 4 rings (SSSR count). The van der Waals surface area contributed by atoms with E-state index in [4.69, 9.17) is 27.9 Å². The zero-order valence-electron chi connectivity index (χ0n) is 15.0. The number of anilines is 2. The number of nitrogens with zero attached hydrogens (tertiary/aromatic N) is 5. The second kappa shape index (κ2) is 6.77. The predicted octanol–water partition coefficient (Wildman–Crippen LogP) is 2.74. The maximum atomic E-state index is 12.9. The molecule has 4 heterocycles. The highest BCUT2D eigenvalue weighted by Gasteiger charge is 2.44. The van der Waals surface area contributed by atoms with Crippen molar-refractivity contribution in [3.8, 4) is 5.88 Å². The molecular formula is C17H16Cl2N6O3. The zero-order chi connectivity index (χ0) is 20.1. The van der Waals surface area contributed by atoms with E-state index < -0.39 is 11.4 Å². The first kappa shape index (κ1) is 18.7. The van der Waals surface area contributed by atoms with Crippen molar-refractivity contribution in [2.75, 3.05) is 30.5 Å². The minimum absolute atomic E-state index is 0.184. The number of aliphatic hydroxyl groups is 1. The molecule has 146 valence electrons. The third-order valence-electron chi connectivity index (χ3n) is 4.65. The van der Waals surface area contributed by atoms with Crippen molar-refractivity contribution < 1.29 is 14.6 Å². The lowest BCUT2D eigenvalue weighted by Gasteiger charge is -2.23. The lowest BCUT2D eigenvalue weighted by Crippen LogP contribution is -2.40. The number of carbonyl (C=O) groups excluding carboxylic acids is 1. The van der Waals surface area contributed by atoms with Gasteiger partial charge in [0.15, 0.2) is 10.8 Å². The van der Waals surface area contributed by atoms with Gasteiger partial charge >= 0.3 is 6.03 Å². The summed E-state index contributed by atoms with van der Waals surface area (Å²) in [5, 5.41) is 17.6. The van der Waals surface area contributed by atoms with Gasteiger partial charge in [-0.15, -0.1) is 0 Å². The fourth-order valence-corrected chi connectivity index (χ4v) is 3.73. The van der Waals surface area contributed by atoms with Crippen LogP contribution in [-0.4, -0.2) is 51.0 Å². The standard InChI is InChI=1S/C17H16Cl2N6O3/c1-17(8-26)7-24(11-6-20-13-4-12(19)23-25(13)14(11)17)16(27)22-9-3-10(18)15(28-2)21-5-9/h3-6,26H,7-8H2,1-2H3,(H,22,27). The van der Waals surface area contributed by atoms with Gasteiger partial charge in [-0.1, -0.05) is 23.2 Å². The largest absolute Gasteiger partial charge is 0.480 e. The number of ether oxygens (including phenoxy) is 1. The normalized spacial score (nSPS) is 18.4. The summed E-state index contributed by atoms with van der Waals surface area (Å²) in [5.41, 5.74) is 1.41. The van der Waals surface area contributed by atoms with Crippen LogP contribution in [-0.2, 0) is 5.41 Å². The lowest BCUT2D eigenvalue weighted by atomic mass is 9.90. The van der Waals surface area contributed by atoms with Gasteiger partial charge in [0.1, 0.15) is 5.02 Å². The smallest absolute Gasteiger partial charge is 0.326 e. The van der Waals surface area contributed by atoms with Gasteiger partial charge in [-0.2, -0.15) is 5.10 Å². The van der Waals surface area contributed by atoms with Crippen LogP contribution in [0.5, 0.6) is 5.88 Å². The van der Waals surface area contributed by atoms with Crippen molar-refractivity contribution in [3.63, 3.8) is 0 Å². The summed E-state index contributed by atoms with van der Waals surface area (Å²) >= 11 is 12.1. The molecule has 3 aromatic rings. The zero-order valence-corrected chi connectivity index (χ0v) is 16.5. The van der Waals surface area contributed by atoms with E-state index in [0.29, 0.717) is 22.7 Å². The average molecular weight is 423 g/mol. The first-order valence-corrected chi connectivity index (χ1v) is 9.05. The average Bonchev–Trinajstić information content (AvgIpc) is 3.19. The number of aromatic nitrogens is 4. The summed E-state index contributed by atoms with van der Waals surface area (Å²) in [6.45, 7) is 1.90. The van der Waals surface area contributed by atoms with Crippen LogP contribution in [0.1, 0.15) is 12.6 Å². The SMILES string of the molecule is COc1ncc(NC(=O)N2CC(C)(CO)c3c2cnc2cc(Cl)nn32)cc1Cl. The number of methoxy groups -OCH3 is 1. The fourth-order valence-electron chi connectivity index (χ4n) is 3.31. The third kappa shape index (κ3) is 2.92. The molecule has 1 atom stereocenters. The molecule has 28 heavy (non-hydrogen) atoms. The van der Waals surface area contributed by atoms with Gasteiger partial charge in [-0.3, -0.25) is 4.90 Å². The highest BCUT2D eigenvalue weighted by Crippen LogP contribution is 2.40. The summed E-state index contributed by atoms with van der Waals surface area (Å²) < 4.78 is 6.58. The topological polar surface area (TPSA) is 105 Å². The van der Waals surface area contributed by atoms with Gasteiger partial charge in [-0.25, -0.2) is 19.3 Å². The molecule has 0 bridgehead atoms. The second-order valence-electron chi connectivity index (χ2n) is 6.68. The molecule has 1 aliphatic heterocycles. The Kier molecular flexibility index (Phi) is 4.53. The van der Waals surface area contributed by atoms with Crippen LogP contribution in [0.25, 0.3) is 5.65 Å². The summed E-state index contributed by atoms with van der Waals surface area (Å²) in [7, 11) is 1.46. The molecule has 11 heteroatoms. The third-order valence-corrected chi connectivity index (χ3v) is 5.11. The van der Waals surface area contributed by atoms with E-state index in [1.54, 1.807) is 22.8 Å². The summed E-state index contributed by atoms with van der Waals surface area (Å²) in [6, 6.07) is 2.75. The number of fused-ring (bicyclic) bond motifs is 3. The summed E-state index contributed by atoms with van der Waals surface area (Å²) in [4.78, 5) is 22.8. The van der Waals surface area contributed by atoms with Gasteiger partial charge in [0.05, 0.1) is 48.6 Å². The van der Waals surface area contributed by atoms with Gasteiger partial charge in [0, 0.05) is 12.6 Å². The molecule has 2 amide bonds. The number of rotatable bonds is 3. The molecule has 1 aliphatic rings. The van der Waals surface area contributed by atoms with Crippen molar-refractivity contribution in [1.29, 1.82) is 0 Å². The van der Waals surface area contributed by atoms with Crippen LogP contribution in [0, 0.1) is 0 Å². The maximum Gasteiger partial charge on any atom is 0.326 e. The Morgan fingerprint density at radius 1 is 1.36 bits per heavy atom. The number of hydrogen-bond donors (Lipinski definition) is 2. The molecule has 3 aromatic heterocycles. The van der Waals surface area contributed by atoms with E-state index in [-0.39, 0.29) is 29.2 Å². The van der Waals surface area contributed by atoms with E-state index >= 15 is 0 Å². The van der Waals surface area contributed by atoms with Gasteiger partial charge in [-0.05, 0) is 13.0 Å². The number of amides is 2. The minimum atomic E-state index is -0.737. The highest BCUT2D eigenvalue weighted by atomic mass is 35.5. The van der Waals surface area contributed by atoms with Crippen LogP contribution in [0.4, 0.5) is 16.2 Å². The Bertz CT molecular complexity index is 1090. The number of urea groups is 1. The van der Waals surface area contributed by atoms with Crippen LogP contribution >= 0.6 is 23.2 Å².